The molecule has 1 aliphatic heterocycles. The van der Waals surface area contributed by atoms with E-state index in [2.05, 4.69) is 5.32 Å². The molecule has 0 aliphatic carbocycles. The molecule has 2 aromatic carbocycles. The number of hydrogen-bond acceptors (Lipinski definition) is 5. The number of hydrogen-bond donors (Lipinski definition) is 1. The fourth-order valence-electron chi connectivity index (χ4n) is 2.63. The Morgan fingerprint density at radius 1 is 1.26 bits per heavy atom. The zero-order valence-electron chi connectivity index (χ0n) is 14.5. The topological polar surface area (TPSA) is 84.9 Å². The molecule has 1 heterocycles. The minimum Gasteiger partial charge on any atom is -0.482 e. The van der Waals surface area contributed by atoms with Gasteiger partial charge in [0.15, 0.2) is 6.61 Å². The number of rotatable bonds is 5. The minimum absolute atomic E-state index is 0.153. The molecule has 8 heteroatoms. The Morgan fingerprint density at radius 2 is 2.07 bits per heavy atom. The zero-order chi connectivity index (χ0) is 19.4. The highest BCUT2D eigenvalue weighted by Crippen LogP contribution is 2.34. The molecule has 0 saturated heterocycles. The minimum atomic E-state index is -0.472. The van der Waals surface area contributed by atoms with E-state index in [-0.39, 0.29) is 25.7 Å². The van der Waals surface area contributed by atoms with Crippen molar-refractivity contribution in [3.63, 3.8) is 0 Å². The number of carbonyl (C=O) groups is 3. The number of ether oxygens (including phenoxy) is 2. The van der Waals surface area contributed by atoms with Crippen LogP contribution in [0.2, 0.25) is 5.02 Å². The van der Waals surface area contributed by atoms with Crippen LogP contribution in [-0.2, 0) is 14.3 Å². The first-order valence-electron chi connectivity index (χ1n) is 8.27. The number of anilines is 2. The Labute approximate surface area is 160 Å². The second-order valence-electron chi connectivity index (χ2n) is 5.73. The van der Waals surface area contributed by atoms with Gasteiger partial charge in [-0.25, -0.2) is 4.79 Å². The van der Waals surface area contributed by atoms with Crippen molar-refractivity contribution < 1.29 is 23.9 Å². The average molecular weight is 389 g/mol. The molecule has 1 aliphatic rings. The normalized spacial score (nSPS) is 12.8. The predicted molar refractivity (Wildman–Crippen MR) is 100 cm³/mol. The van der Waals surface area contributed by atoms with Crippen molar-refractivity contribution in [2.45, 2.75) is 6.92 Å². The van der Waals surface area contributed by atoms with Gasteiger partial charge >= 0.3 is 5.97 Å². The first kappa shape index (κ1) is 18.7. The molecule has 27 heavy (non-hydrogen) atoms. The maximum Gasteiger partial charge on any atom is 0.338 e. The molecule has 0 fully saturated rings. The van der Waals surface area contributed by atoms with Crippen molar-refractivity contribution in [3.05, 3.63) is 53.1 Å². The summed E-state index contributed by atoms with van der Waals surface area (Å²) in [5.74, 6) is -0.756. The SMILES string of the molecule is CCOC(=O)c1cccc(NC(=O)CN2C(=O)COc3ccc(Cl)cc32)c1. The monoisotopic (exact) mass is 388 g/mol. The van der Waals surface area contributed by atoms with Crippen LogP contribution in [0.5, 0.6) is 5.75 Å². The van der Waals surface area contributed by atoms with E-state index in [0.717, 1.165) is 0 Å². The summed E-state index contributed by atoms with van der Waals surface area (Å²) >= 11 is 5.99. The second kappa shape index (κ2) is 8.09. The van der Waals surface area contributed by atoms with Crippen LogP contribution in [0.1, 0.15) is 17.3 Å². The number of amides is 2. The molecule has 7 nitrogen and oxygen atoms in total. The molecule has 140 valence electrons. The Bertz CT molecular complexity index is 899. The summed E-state index contributed by atoms with van der Waals surface area (Å²) in [5.41, 5.74) is 1.20. The molecule has 3 rings (SSSR count). The first-order chi connectivity index (χ1) is 13.0. The predicted octanol–water partition coefficient (Wildman–Crippen LogP) is 2.88. The highest BCUT2D eigenvalue weighted by Gasteiger charge is 2.27. The van der Waals surface area contributed by atoms with Gasteiger partial charge in [-0.05, 0) is 43.3 Å². The van der Waals surface area contributed by atoms with Crippen molar-refractivity contribution in [1.29, 1.82) is 0 Å². The van der Waals surface area contributed by atoms with E-state index in [1.54, 1.807) is 43.3 Å². The lowest BCUT2D eigenvalue weighted by Gasteiger charge is -2.29. The van der Waals surface area contributed by atoms with Crippen LogP contribution in [0.3, 0.4) is 0 Å². The quantitative estimate of drug-likeness (QED) is 0.796. The summed E-state index contributed by atoms with van der Waals surface area (Å²) in [6, 6.07) is 11.3. The Kier molecular flexibility index (Phi) is 5.61. The molecule has 0 bridgehead atoms. The summed E-state index contributed by atoms with van der Waals surface area (Å²) in [6.45, 7) is 1.61. The Morgan fingerprint density at radius 3 is 2.85 bits per heavy atom. The number of nitrogens with zero attached hydrogens (tertiary/aromatic N) is 1. The molecule has 0 radical (unpaired) electrons. The van der Waals surface area contributed by atoms with Crippen molar-refractivity contribution in [1.82, 2.24) is 0 Å². The summed E-state index contributed by atoms with van der Waals surface area (Å²) in [5, 5.41) is 3.11. The highest BCUT2D eigenvalue weighted by atomic mass is 35.5. The van der Waals surface area contributed by atoms with Crippen molar-refractivity contribution in [2.75, 3.05) is 30.0 Å². The number of carbonyl (C=O) groups excluding carboxylic acids is 3. The molecule has 0 aromatic heterocycles. The molecule has 1 N–H and O–H groups in total. The lowest BCUT2D eigenvalue weighted by atomic mass is 10.2. The summed E-state index contributed by atoms with van der Waals surface area (Å²) in [7, 11) is 0. The van der Waals surface area contributed by atoms with Crippen LogP contribution in [0.4, 0.5) is 11.4 Å². The van der Waals surface area contributed by atoms with Crippen LogP contribution < -0.4 is 15.0 Å². The fourth-order valence-corrected chi connectivity index (χ4v) is 2.80. The summed E-state index contributed by atoms with van der Waals surface area (Å²) in [6.07, 6.45) is 0. The van der Waals surface area contributed by atoms with Crippen LogP contribution in [0, 0.1) is 0 Å². The van der Waals surface area contributed by atoms with Gasteiger partial charge in [-0.2, -0.15) is 0 Å². The van der Waals surface area contributed by atoms with Gasteiger partial charge < -0.3 is 14.8 Å². The van der Waals surface area contributed by atoms with Gasteiger partial charge in [-0.3, -0.25) is 14.5 Å². The molecule has 0 saturated carbocycles. The third kappa shape index (κ3) is 4.38. The van der Waals surface area contributed by atoms with Gasteiger partial charge in [-0.15, -0.1) is 0 Å². The van der Waals surface area contributed by atoms with E-state index < -0.39 is 11.9 Å². The molecular weight excluding hydrogens is 372 g/mol. The molecule has 2 aromatic rings. The molecular formula is C19H17ClN2O5. The fraction of sp³-hybridized carbons (Fsp3) is 0.211. The maximum atomic E-state index is 12.4. The molecule has 0 atom stereocenters. The molecule has 2 amide bonds. The van der Waals surface area contributed by atoms with Crippen LogP contribution >= 0.6 is 11.6 Å². The lowest BCUT2D eigenvalue weighted by Crippen LogP contribution is -2.43. The van der Waals surface area contributed by atoms with Crippen LogP contribution in [-0.4, -0.2) is 37.5 Å². The number of benzene rings is 2. The summed E-state index contributed by atoms with van der Waals surface area (Å²) < 4.78 is 10.3. The van der Waals surface area contributed by atoms with E-state index in [1.807, 2.05) is 0 Å². The van der Waals surface area contributed by atoms with Crippen LogP contribution in [0.25, 0.3) is 0 Å². The second-order valence-corrected chi connectivity index (χ2v) is 6.17. The van der Waals surface area contributed by atoms with Crippen molar-refractivity contribution in [3.8, 4) is 5.75 Å². The van der Waals surface area contributed by atoms with Gasteiger partial charge in [-0.1, -0.05) is 17.7 Å². The van der Waals surface area contributed by atoms with E-state index in [4.69, 9.17) is 21.1 Å². The maximum absolute atomic E-state index is 12.4. The molecule has 0 unspecified atom stereocenters. The largest absolute Gasteiger partial charge is 0.482 e. The van der Waals surface area contributed by atoms with Gasteiger partial charge in [0.1, 0.15) is 12.3 Å². The van der Waals surface area contributed by atoms with Crippen molar-refractivity contribution in [2.24, 2.45) is 0 Å². The number of esters is 1. The third-order valence-corrected chi connectivity index (χ3v) is 4.06. The Hall–Kier alpha value is -3.06. The number of halogens is 1. The molecule has 0 spiro atoms. The van der Waals surface area contributed by atoms with E-state index in [0.29, 0.717) is 27.7 Å². The standard InChI is InChI=1S/C19H17ClN2O5/c1-2-26-19(25)12-4-3-5-14(8-12)21-17(23)10-22-15-9-13(20)6-7-16(15)27-11-18(22)24/h3-9H,2,10-11H2,1H3,(H,21,23). The van der Waals surface area contributed by atoms with Crippen LogP contribution in [0.15, 0.2) is 42.5 Å². The van der Waals surface area contributed by atoms with Gasteiger partial charge in [0, 0.05) is 10.7 Å². The smallest absolute Gasteiger partial charge is 0.338 e. The van der Waals surface area contributed by atoms with Gasteiger partial charge in [0.05, 0.1) is 17.9 Å². The third-order valence-electron chi connectivity index (χ3n) is 3.82. The van der Waals surface area contributed by atoms with Crippen molar-refractivity contribution >= 4 is 40.8 Å². The lowest BCUT2D eigenvalue weighted by molar-refractivity contribution is -0.123. The zero-order valence-corrected chi connectivity index (χ0v) is 15.3. The Balaban J connectivity index is 1.73. The number of fused-ring (bicyclic) bond motifs is 1. The number of nitrogens with one attached hydrogen (secondary N) is 1. The average Bonchev–Trinajstić information content (AvgIpc) is 2.64. The first-order valence-corrected chi connectivity index (χ1v) is 8.65. The van der Waals surface area contributed by atoms with E-state index >= 15 is 0 Å². The van der Waals surface area contributed by atoms with E-state index in [1.165, 1.54) is 11.0 Å². The summed E-state index contributed by atoms with van der Waals surface area (Å²) in [4.78, 5) is 37.7. The van der Waals surface area contributed by atoms with Gasteiger partial charge in [0.2, 0.25) is 5.91 Å². The highest BCUT2D eigenvalue weighted by molar-refractivity contribution is 6.31. The van der Waals surface area contributed by atoms with Gasteiger partial charge in [0.25, 0.3) is 5.91 Å². The van der Waals surface area contributed by atoms with E-state index in [9.17, 15) is 14.4 Å².